The minimum Gasteiger partial charge on any atom is -0.398 e. The maximum absolute atomic E-state index is 12.5. The number of aliphatic hydroxyl groups is 1. The van der Waals surface area contributed by atoms with Gasteiger partial charge >= 0.3 is 5.51 Å². The molecule has 0 saturated heterocycles. The highest BCUT2D eigenvalue weighted by Crippen LogP contribution is 2.43. The minimum atomic E-state index is -4.33. The number of hydrogen-bond acceptors (Lipinski definition) is 4. The maximum Gasteiger partial charge on any atom is 0.446 e. The Morgan fingerprint density at radius 2 is 2.10 bits per heavy atom. The van der Waals surface area contributed by atoms with Crippen LogP contribution < -0.4 is 11.1 Å². The molecule has 0 bridgehead atoms. The zero-order valence-electron chi connectivity index (χ0n) is 10.8. The van der Waals surface area contributed by atoms with Gasteiger partial charge in [0.25, 0.3) is 0 Å². The maximum atomic E-state index is 12.5. The molecule has 0 radical (unpaired) electrons. The Hall–Kier alpha value is -0.920. The quantitative estimate of drug-likeness (QED) is 0.578. The van der Waals surface area contributed by atoms with Crippen molar-refractivity contribution in [3.8, 4) is 0 Å². The topological polar surface area (TPSA) is 58.3 Å². The highest BCUT2D eigenvalue weighted by molar-refractivity contribution is 8.00. The fourth-order valence-corrected chi connectivity index (χ4v) is 3.02. The predicted molar refractivity (Wildman–Crippen MR) is 73.6 cm³/mol. The van der Waals surface area contributed by atoms with Crippen molar-refractivity contribution in [1.29, 1.82) is 0 Å². The molecule has 112 valence electrons. The van der Waals surface area contributed by atoms with Crippen LogP contribution in [-0.2, 0) is 0 Å². The molecule has 7 heteroatoms. The summed E-state index contributed by atoms with van der Waals surface area (Å²) < 4.78 is 37.4. The normalized spacial score (nSPS) is 22.6. The Kier molecular flexibility index (Phi) is 4.82. The third kappa shape index (κ3) is 3.80. The lowest BCUT2D eigenvalue weighted by Crippen LogP contribution is -2.43. The number of nitrogens with two attached hydrogens (primary N) is 1. The predicted octanol–water partition coefficient (Wildman–Crippen LogP) is 2.71. The van der Waals surface area contributed by atoms with Gasteiger partial charge in [-0.2, -0.15) is 13.2 Å². The molecule has 20 heavy (non-hydrogen) atoms. The molecule has 0 heterocycles. The molecule has 2 rings (SSSR count). The van der Waals surface area contributed by atoms with Gasteiger partial charge in [-0.15, -0.1) is 0 Å². The van der Waals surface area contributed by atoms with E-state index in [0.29, 0.717) is 6.54 Å². The number of alkyl halides is 3. The van der Waals surface area contributed by atoms with Gasteiger partial charge in [-0.3, -0.25) is 0 Å². The van der Waals surface area contributed by atoms with Crippen molar-refractivity contribution >= 4 is 17.4 Å². The van der Waals surface area contributed by atoms with Gasteiger partial charge in [0.2, 0.25) is 0 Å². The van der Waals surface area contributed by atoms with Gasteiger partial charge in [-0.1, -0.05) is 6.07 Å². The minimum absolute atomic E-state index is 0.0557. The van der Waals surface area contributed by atoms with Crippen LogP contribution in [0.15, 0.2) is 23.1 Å². The largest absolute Gasteiger partial charge is 0.446 e. The van der Waals surface area contributed by atoms with Gasteiger partial charge in [-0.05, 0) is 48.2 Å². The van der Waals surface area contributed by atoms with Gasteiger partial charge in [0.05, 0.1) is 6.61 Å². The molecule has 0 aliphatic heterocycles. The van der Waals surface area contributed by atoms with Crippen LogP contribution in [0.25, 0.3) is 0 Å². The molecular weight excluding hydrogens is 289 g/mol. The van der Waals surface area contributed by atoms with E-state index < -0.39 is 5.51 Å². The molecule has 1 aliphatic rings. The molecule has 2 unspecified atom stereocenters. The van der Waals surface area contributed by atoms with Crippen LogP contribution in [0.1, 0.15) is 24.3 Å². The lowest BCUT2D eigenvalue weighted by atomic mass is 9.75. The molecule has 1 aromatic rings. The first-order chi connectivity index (χ1) is 9.40. The van der Waals surface area contributed by atoms with Crippen LogP contribution in [-0.4, -0.2) is 29.8 Å². The highest BCUT2D eigenvalue weighted by atomic mass is 32.2. The number of nitrogen functional groups attached to an aromatic ring is 1. The molecule has 2 atom stereocenters. The molecule has 1 saturated carbocycles. The summed E-state index contributed by atoms with van der Waals surface area (Å²) in [6.45, 7) is 0.556. The van der Waals surface area contributed by atoms with Crippen LogP contribution in [0.3, 0.4) is 0 Å². The van der Waals surface area contributed by atoms with Crippen LogP contribution in [0.4, 0.5) is 18.9 Å². The summed E-state index contributed by atoms with van der Waals surface area (Å²) in [5.74, 6) is 0.190. The molecule has 0 amide bonds. The number of benzene rings is 1. The Labute approximate surface area is 119 Å². The van der Waals surface area contributed by atoms with E-state index >= 15 is 0 Å². The van der Waals surface area contributed by atoms with Crippen LogP contribution in [0, 0.1) is 0 Å². The third-order valence-corrected chi connectivity index (χ3v) is 4.29. The molecule has 0 spiro atoms. The summed E-state index contributed by atoms with van der Waals surface area (Å²) in [6.07, 6.45) is 1.90. The van der Waals surface area contributed by atoms with Crippen molar-refractivity contribution in [2.24, 2.45) is 0 Å². The van der Waals surface area contributed by atoms with E-state index in [-0.39, 0.29) is 40.9 Å². The van der Waals surface area contributed by atoms with Crippen molar-refractivity contribution in [3.63, 3.8) is 0 Å². The van der Waals surface area contributed by atoms with E-state index in [2.05, 4.69) is 5.32 Å². The number of anilines is 1. The average molecular weight is 306 g/mol. The number of thioether (sulfide) groups is 1. The summed E-state index contributed by atoms with van der Waals surface area (Å²) in [6, 6.07) is 5.07. The number of hydrogen-bond donors (Lipinski definition) is 3. The van der Waals surface area contributed by atoms with Crippen molar-refractivity contribution in [1.82, 2.24) is 5.32 Å². The van der Waals surface area contributed by atoms with E-state index in [1.807, 2.05) is 0 Å². The first-order valence-electron chi connectivity index (χ1n) is 6.40. The average Bonchev–Trinajstić information content (AvgIpc) is 2.31. The van der Waals surface area contributed by atoms with Crippen molar-refractivity contribution < 1.29 is 18.3 Å². The summed E-state index contributed by atoms with van der Waals surface area (Å²) in [5.41, 5.74) is 2.29. The molecule has 1 aromatic carbocycles. The molecule has 3 nitrogen and oxygen atoms in total. The fraction of sp³-hybridized carbons (Fsp3) is 0.538. The lowest BCUT2D eigenvalue weighted by molar-refractivity contribution is -0.0327. The first-order valence-corrected chi connectivity index (χ1v) is 7.22. The molecule has 4 N–H and O–H groups in total. The second kappa shape index (κ2) is 6.24. The SMILES string of the molecule is Nc1ccc(C2CCC2NCCO)cc1SC(F)(F)F. The molecular formula is C13H17F3N2OS. The van der Waals surface area contributed by atoms with Crippen molar-refractivity contribution in [2.75, 3.05) is 18.9 Å². The summed E-state index contributed by atoms with van der Waals surface area (Å²) in [7, 11) is 0. The van der Waals surface area contributed by atoms with E-state index in [0.717, 1.165) is 18.4 Å². The van der Waals surface area contributed by atoms with E-state index in [1.165, 1.54) is 12.1 Å². The van der Waals surface area contributed by atoms with Gasteiger partial charge < -0.3 is 16.2 Å². The van der Waals surface area contributed by atoms with Gasteiger partial charge in [0.15, 0.2) is 0 Å². The van der Waals surface area contributed by atoms with E-state index in [1.54, 1.807) is 6.07 Å². The summed E-state index contributed by atoms with van der Waals surface area (Å²) in [5, 5.41) is 12.0. The van der Waals surface area contributed by atoms with Crippen molar-refractivity contribution in [3.05, 3.63) is 23.8 Å². The number of nitrogens with one attached hydrogen (secondary N) is 1. The standard InChI is InChI=1S/C13H17F3N2OS/c14-13(15,16)20-12-7-8(1-3-10(12)17)9-2-4-11(9)18-5-6-19/h1,3,7,9,11,18-19H,2,4-6,17H2. The Morgan fingerprint density at radius 1 is 1.35 bits per heavy atom. The molecule has 0 aromatic heterocycles. The van der Waals surface area contributed by atoms with E-state index in [9.17, 15) is 13.2 Å². The summed E-state index contributed by atoms with van der Waals surface area (Å²) >= 11 is -0.173. The highest BCUT2D eigenvalue weighted by Gasteiger charge is 2.34. The lowest BCUT2D eigenvalue weighted by Gasteiger charge is -2.38. The molecule has 1 aliphatic carbocycles. The van der Waals surface area contributed by atoms with Gasteiger partial charge in [0, 0.05) is 23.2 Å². The zero-order chi connectivity index (χ0) is 14.8. The Bertz CT molecular complexity index is 467. The zero-order valence-corrected chi connectivity index (χ0v) is 11.6. The van der Waals surface area contributed by atoms with Crippen LogP contribution >= 0.6 is 11.8 Å². The summed E-state index contributed by atoms with van der Waals surface area (Å²) in [4.78, 5) is 0.0582. The van der Waals surface area contributed by atoms with Gasteiger partial charge in [-0.25, -0.2) is 0 Å². The second-order valence-corrected chi connectivity index (χ2v) is 5.92. The Morgan fingerprint density at radius 3 is 2.65 bits per heavy atom. The number of rotatable bonds is 5. The number of halogens is 3. The molecule has 1 fully saturated rings. The van der Waals surface area contributed by atoms with Crippen molar-refractivity contribution in [2.45, 2.75) is 35.2 Å². The third-order valence-electron chi connectivity index (χ3n) is 3.48. The van der Waals surface area contributed by atoms with Crippen LogP contribution in [0.5, 0.6) is 0 Å². The monoisotopic (exact) mass is 306 g/mol. The fourth-order valence-electron chi connectivity index (χ4n) is 2.39. The smallest absolute Gasteiger partial charge is 0.398 e. The Balaban J connectivity index is 2.11. The van der Waals surface area contributed by atoms with Crippen LogP contribution in [0.2, 0.25) is 0 Å². The first kappa shape index (κ1) is 15.5. The van der Waals surface area contributed by atoms with Gasteiger partial charge in [0.1, 0.15) is 0 Å². The van der Waals surface area contributed by atoms with E-state index in [4.69, 9.17) is 10.8 Å². The number of aliphatic hydroxyl groups excluding tert-OH is 1. The second-order valence-electron chi connectivity index (χ2n) is 4.81.